The van der Waals surface area contributed by atoms with Gasteiger partial charge in [-0.2, -0.15) is 0 Å². The smallest absolute Gasteiger partial charge is 0.245 e. The highest BCUT2D eigenvalue weighted by Gasteiger charge is 2.21. The van der Waals surface area contributed by atoms with Gasteiger partial charge in [0, 0.05) is 10.0 Å². The summed E-state index contributed by atoms with van der Waals surface area (Å²) in [6, 6.07) is 13.2. The number of nitrogens with one attached hydrogen (secondary N) is 1. The third-order valence-electron chi connectivity index (χ3n) is 3.38. The second-order valence-electron chi connectivity index (χ2n) is 5.40. The van der Waals surface area contributed by atoms with Gasteiger partial charge >= 0.3 is 0 Å². The molecular formula is C17H17BrN2O4S. The predicted molar refractivity (Wildman–Crippen MR) is 101 cm³/mol. The number of carbonyl (C=O) groups is 2. The molecule has 2 rings (SSSR count). The number of amides is 1. The molecular weight excluding hydrogens is 408 g/mol. The average molecular weight is 425 g/mol. The van der Waals surface area contributed by atoms with E-state index in [1.54, 1.807) is 42.5 Å². The quantitative estimate of drug-likeness (QED) is 0.722. The van der Waals surface area contributed by atoms with Crippen LogP contribution in [0.3, 0.4) is 0 Å². The highest BCUT2D eigenvalue weighted by molar-refractivity contribution is 9.10. The molecule has 8 heteroatoms. The maximum atomic E-state index is 12.3. The van der Waals surface area contributed by atoms with Crippen LogP contribution in [0, 0.1) is 0 Å². The zero-order valence-corrected chi connectivity index (χ0v) is 16.1. The molecule has 2 aromatic rings. The van der Waals surface area contributed by atoms with Crippen LogP contribution < -0.4 is 9.62 Å². The molecule has 0 spiro atoms. The molecule has 132 valence electrons. The highest BCUT2D eigenvalue weighted by atomic mass is 79.9. The monoisotopic (exact) mass is 424 g/mol. The molecule has 2 aromatic carbocycles. The number of ketones is 1. The van der Waals surface area contributed by atoms with Gasteiger partial charge in [-0.3, -0.25) is 13.9 Å². The van der Waals surface area contributed by atoms with Crippen molar-refractivity contribution in [3.05, 3.63) is 58.6 Å². The van der Waals surface area contributed by atoms with Gasteiger partial charge in [0.15, 0.2) is 5.78 Å². The van der Waals surface area contributed by atoms with E-state index in [2.05, 4.69) is 21.2 Å². The number of rotatable bonds is 6. The Morgan fingerprint density at radius 2 is 1.80 bits per heavy atom. The molecule has 6 nitrogen and oxygen atoms in total. The first-order valence-electron chi connectivity index (χ1n) is 7.31. The Kier molecular flexibility index (Phi) is 5.97. The summed E-state index contributed by atoms with van der Waals surface area (Å²) in [5, 5.41) is 2.66. The number of carbonyl (C=O) groups excluding carboxylic acids is 2. The van der Waals surface area contributed by atoms with Gasteiger partial charge in [0.25, 0.3) is 0 Å². The molecule has 25 heavy (non-hydrogen) atoms. The summed E-state index contributed by atoms with van der Waals surface area (Å²) in [4.78, 5) is 23.8. The summed E-state index contributed by atoms with van der Waals surface area (Å²) < 4.78 is 25.9. The summed E-state index contributed by atoms with van der Waals surface area (Å²) in [5.74, 6) is -0.682. The van der Waals surface area contributed by atoms with E-state index in [4.69, 9.17) is 0 Å². The number of hydrogen-bond donors (Lipinski definition) is 1. The molecule has 0 saturated heterocycles. The Hall–Kier alpha value is -2.19. The summed E-state index contributed by atoms with van der Waals surface area (Å²) in [7, 11) is -3.71. The van der Waals surface area contributed by atoms with Crippen molar-refractivity contribution in [2.45, 2.75) is 6.92 Å². The third-order valence-corrected chi connectivity index (χ3v) is 5.21. The molecule has 0 aliphatic heterocycles. The van der Waals surface area contributed by atoms with E-state index < -0.39 is 22.5 Å². The topological polar surface area (TPSA) is 83.6 Å². The van der Waals surface area contributed by atoms with Crippen LogP contribution in [0.4, 0.5) is 11.4 Å². The zero-order chi connectivity index (χ0) is 18.6. The van der Waals surface area contributed by atoms with Gasteiger partial charge in [0.05, 0.1) is 17.6 Å². The number of benzene rings is 2. The third kappa shape index (κ3) is 5.14. The SMILES string of the molecule is CC(=O)c1cccc(N(CC(=O)Nc2ccccc2Br)S(C)(=O)=O)c1. The van der Waals surface area contributed by atoms with Gasteiger partial charge in [0.2, 0.25) is 15.9 Å². The van der Waals surface area contributed by atoms with Gasteiger partial charge < -0.3 is 5.32 Å². The van der Waals surface area contributed by atoms with Crippen LogP contribution in [0.1, 0.15) is 17.3 Å². The molecule has 0 radical (unpaired) electrons. The Morgan fingerprint density at radius 3 is 2.40 bits per heavy atom. The number of halogens is 1. The van der Waals surface area contributed by atoms with E-state index in [1.165, 1.54) is 13.0 Å². The van der Waals surface area contributed by atoms with Gasteiger partial charge in [0.1, 0.15) is 6.54 Å². The molecule has 1 amide bonds. The fourth-order valence-corrected chi connectivity index (χ4v) is 3.39. The van der Waals surface area contributed by atoms with Crippen LogP contribution in [-0.4, -0.2) is 32.9 Å². The van der Waals surface area contributed by atoms with Crippen LogP contribution in [0.5, 0.6) is 0 Å². The number of para-hydroxylation sites is 1. The maximum Gasteiger partial charge on any atom is 0.245 e. The van der Waals surface area contributed by atoms with E-state index in [9.17, 15) is 18.0 Å². The van der Waals surface area contributed by atoms with Crippen molar-refractivity contribution in [1.82, 2.24) is 0 Å². The van der Waals surface area contributed by atoms with Crippen molar-refractivity contribution in [1.29, 1.82) is 0 Å². The Labute approximate surface area is 155 Å². The Bertz CT molecular complexity index is 912. The minimum atomic E-state index is -3.71. The second kappa shape index (κ2) is 7.79. The van der Waals surface area contributed by atoms with Crippen molar-refractivity contribution >= 4 is 49.0 Å². The molecule has 0 atom stereocenters. The minimum absolute atomic E-state index is 0.187. The van der Waals surface area contributed by atoms with Crippen molar-refractivity contribution < 1.29 is 18.0 Å². The molecule has 0 aromatic heterocycles. The molecule has 0 heterocycles. The van der Waals surface area contributed by atoms with Crippen molar-refractivity contribution in [3.63, 3.8) is 0 Å². The first-order chi connectivity index (χ1) is 11.7. The zero-order valence-electron chi connectivity index (χ0n) is 13.7. The molecule has 0 aliphatic rings. The summed E-state index contributed by atoms with van der Waals surface area (Å²) in [5.41, 5.74) is 1.17. The number of Topliss-reactive ketones (excluding diaryl/α,β-unsaturated/α-hetero) is 1. The number of sulfonamides is 1. The van der Waals surface area contributed by atoms with E-state index in [-0.39, 0.29) is 11.5 Å². The number of nitrogens with zero attached hydrogens (tertiary/aromatic N) is 1. The van der Waals surface area contributed by atoms with E-state index in [0.29, 0.717) is 15.7 Å². The fraction of sp³-hybridized carbons (Fsp3) is 0.176. The normalized spacial score (nSPS) is 11.0. The lowest BCUT2D eigenvalue weighted by atomic mass is 10.1. The predicted octanol–water partition coefficient (Wildman–Crippen LogP) is 3.06. The summed E-state index contributed by atoms with van der Waals surface area (Å²) in [6.07, 6.45) is 1.01. The van der Waals surface area contributed by atoms with E-state index in [1.807, 2.05) is 0 Å². The first kappa shape index (κ1) is 19.1. The highest BCUT2D eigenvalue weighted by Crippen LogP contribution is 2.22. The number of hydrogen-bond acceptors (Lipinski definition) is 4. The van der Waals surface area contributed by atoms with Crippen molar-refractivity contribution in [2.24, 2.45) is 0 Å². The van der Waals surface area contributed by atoms with Crippen molar-refractivity contribution in [2.75, 3.05) is 22.4 Å². The summed E-state index contributed by atoms with van der Waals surface area (Å²) in [6.45, 7) is 0.991. The average Bonchev–Trinajstić information content (AvgIpc) is 2.54. The minimum Gasteiger partial charge on any atom is -0.323 e. The largest absolute Gasteiger partial charge is 0.323 e. The van der Waals surface area contributed by atoms with Gasteiger partial charge in [-0.1, -0.05) is 24.3 Å². The van der Waals surface area contributed by atoms with Crippen LogP contribution in [-0.2, 0) is 14.8 Å². The van der Waals surface area contributed by atoms with Crippen LogP contribution in [0.15, 0.2) is 53.0 Å². The fourth-order valence-electron chi connectivity index (χ4n) is 2.16. The number of anilines is 2. The molecule has 0 fully saturated rings. The van der Waals surface area contributed by atoms with E-state index in [0.717, 1.165) is 10.6 Å². The van der Waals surface area contributed by atoms with Crippen LogP contribution in [0.2, 0.25) is 0 Å². The van der Waals surface area contributed by atoms with Gasteiger partial charge in [-0.15, -0.1) is 0 Å². The lowest BCUT2D eigenvalue weighted by Gasteiger charge is -2.22. The summed E-state index contributed by atoms with van der Waals surface area (Å²) >= 11 is 3.32. The van der Waals surface area contributed by atoms with Gasteiger partial charge in [-0.05, 0) is 47.1 Å². The Balaban J connectivity index is 2.27. The van der Waals surface area contributed by atoms with Crippen molar-refractivity contribution in [3.8, 4) is 0 Å². The first-order valence-corrected chi connectivity index (χ1v) is 9.95. The molecule has 1 N–H and O–H groups in total. The van der Waals surface area contributed by atoms with E-state index >= 15 is 0 Å². The lowest BCUT2D eigenvalue weighted by molar-refractivity contribution is -0.114. The van der Waals surface area contributed by atoms with Crippen LogP contribution >= 0.6 is 15.9 Å². The lowest BCUT2D eigenvalue weighted by Crippen LogP contribution is -2.37. The molecule has 0 aliphatic carbocycles. The van der Waals surface area contributed by atoms with Gasteiger partial charge in [-0.25, -0.2) is 8.42 Å². The molecule has 0 unspecified atom stereocenters. The molecule has 0 saturated carbocycles. The second-order valence-corrected chi connectivity index (χ2v) is 8.17. The molecule has 0 bridgehead atoms. The maximum absolute atomic E-state index is 12.3. The Morgan fingerprint density at radius 1 is 1.12 bits per heavy atom. The standard InChI is InChI=1S/C17H17BrN2O4S/c1-12(21)13-6-5-7-14(10-13)20(25(2,23)24)11-17(22)19-16-9-4-3-8-15(16)18/h3-10H,11H2,1-2H3,(H,19,22). The van der Waals surface area contributed by atoms with Crippen LogP contribution in [0.25, 0.3) is 0 Å².